The lowest BCUT2D eigenvalue weighted by molar-refractivity contribution is -0.107. The van der Waals surface area contributed by atoms with Crippen LogP contribution in [0.3, 0.4) is 0 Å². The van der Waals surface area contributed by atoms with E-state index in [1.165, 1.54) is 11.3 Å². The van der Waals surface area contributed by atoms with Crippen LogP contribution in [-0.2, 0) is 11.3 Å². The minimum atomic E-state index is 0.491. The number of hydrogen-bond donors (Lipinski definition) is 0. The molecule has 0 unspecified atom stereocenters. The van der Waals surface area contributed by atoms with Crippen LogP contribution in [0, 0.1) is 6.92 Å². The van der Waals surface area contributed by atoms with E-state index in [4.69, 9.17) is 16.6 Å². The highest BCUT2D eigenvalue weighted by Crippen LogP contribution is 2.28. The second-order valence-corrected chi connectivity index (χ2v) is 7.54. The van der Waals surface area contributed by atoms with Gasteiger partial charge in [0, 0.05) is 16.0 Å². The molecule has 0 spiro atoms. The van der Waals surface area contributed by atoms with Crippen molar-refractivity contribution in [1.82, 2.24) is 14.8 Å². The molecule has 0 atom stereocenters. The van der Waals surface area contributed by atoms with Crippen molar-refractivity contribution in [1.29, 1.82) is 0 Å². The molecule has 0 N–H and O–H groups in total. The highest BCUT2D eigenvalue weighted by Gasteiger charge is 2.17. The second kappa shape index (κ2) is 7.96. The quantitative estimate of drug-likeness (QED) is 0.416. The Labute approximate surface area is 171 Å². The van der Waals surface area contributed by atoms with Crippen molar-refractivity contribution in [2.24, 2.45) is 0 Å². The fourth-order valence-corrected chi connectivity index (χ4v) is 3.92. The molecule has 0 saturated heterocycles. The van der Waals surface area contributed by atoms with Gasteiger partial charge in [0.15, 0.2) is 0 Å². The number of halogens is 1. The molecule has 0 fully saturated rings. The first-order chi connectivity index (χ1) is 13.7. The van der Waals surface area contributed by atoms with Crippen molar-refractivity contribution in [3.8, 4) is 16.4 Å². The number of benzene rings is 2. The molecule has 0 aliphatic carbocycles. The predicted octanol–water partition coefficient (Wildman–Crippen LogP) is 5.12. The summed E-state index contributed by atoms with van der Waals surface area (Å²) in [6.45, 7) is 2.43. The molecule has 2 aromatic heterocycles. The Kier molecular flexibility index (Phi) is 5.23. The molecule has 4 aromatic rings. The summed E-state index contributed by atoms with van der Waals surface area (Å²) in [7, 11) is 0. The molecule has 0 aliphatic heterocycles. The summed E-state index contributed by atoms with van der Waals surface area (Å²) in [6.07, 6.45) is 2.54. The van der Waals surface area contributed by atoms with E-state index in [1.54, 1.807) is 15.8 Å². The maximum absolute atomic E-state index is 11.7. The van der Waals surface area contributed by atoms with Crippen molar-refractivity contribution in [2.45, 2.75) is 13.5 Å². The van der Waals surface area contributed by atoms with Crippen LogP contribution in [-0.4, -0.2) is 21.2 Å². The van der Waals surface area contributed by atoms with Crippen molar-refractivity contribution >= 4 is 35.0 Å². The van der Waals surface area contributed by atoms with Gasteiger partial charge in [-0.3, -0.25) is 4.79 Å². The summed E-state index contributed by atoms with van der Waals surface area (Å²) >= 11 is 7.46. The van der Waals surface area contributed by atoms with E-state index in [-0.39, 0.29) is 0 Å². The zero-order chi connectivity index (χ0) is 19.5. The van der Waals surface area contributed by atoms with Gasteiger partial charge in [-0.2, -0.15) is 5.10 Å². The minimum absolute atomic E-state index is 0.491. The number of anilines is 1. The summed E-state index contributed by atoms with van der Waals surface area (Å²) < 4.78 is 1.76. The van der Waals surface area contributed by atoms with Crippen molar-refractivity contribution in [3.05, 3.63) is 82.5 Å². The number of rotatable bonds is 6. The van der Waals surface area contributed by atoms with Gasteiger partial charge in [-0.05, 0) is 24.6 Å². The molecule has 0 aliphatic rings. The number of hydrogen-bond acceptors (Lipinski definition) is 4. The lowest BCUT2D eigenvalue weighted by Gasteiger charge is -2.16. The summed E-state index contributed by atoms with van der Waals surface area (Å²) in [6, 6.07) is 17.4. The largest absolute Gasteiger partial charge is 0.307 e. The Bertz CT molecular complexity index is 1090. The van der Waals surface area contributed by atoms with Gasteiger partial charge in [0.1, 0.15) is 0 Å². The Hall–Kier alpha value is -2.96. The normalized spacial score (nSPS) is 10.8. The Morgan fingerprint density at radius 1 is 1.14 bits per heavy atom. The van der Waals surface area contributed by atoms with Gasteiger partial charge in [0.25, 0.3) is 0 Å². The number of aromatic nitrogens is 3. The number of thiazole rings is 1. The monoisotopic (exact) mass is 408 g/mol. The van der Waals surface area contributed by atoms with Crippen LogP contribution in [0.1, 0.15) is 11.3 Å². The Morgan fingerprint density at radius 3 is 2.61 bits per heavy atom. The van der Waals surface area contributed by atoms with Gasteiger partial charge < -0.3 is 4.90 Å². The van der Waals surface area contributed by atoms with Gasteiger partial charge in [-0.1, -0.05) is 54.1 Å². The molecule has 2 heterocycles. The highest BCUT2D eigenvalue weighted by molar-refractivity contribution is 7.12. The summed E-state index contributed by atoms with van der Waals surface area (Å²) in [5.41, 5.74) is 4.54. The van der Waals surface area contributed by atoms with Crippen LogP contribution in [0.15, 0.2) is 66.2 Å². The second-order valence-electron chi connectivity index (χ2n) is 6.27. The zero-order valence-corrected chi connectivity index (χ0v) is 16.7. The molecular weight excluding hydrogens is 392 g/mol. The molecule has 2 aromatic carbocycles. The topological polar surface area (TPSA) is 51.0 Å². The fraction of sp³-hybridized carbons (Fsp3) is 0.0952. The number of carbonyl (C=O) groups excluding carboxylic acids is 1. The fourth-order valence-electron chi connectivity index (χ4n) is 2.95. The molecular formula is C21H17ClN4OS. The van der Waals surface area contributed by atoms with Crippen LogP contribution >= 0.6 is 22.9 Å². The molecule has 140 valence electrons. The van der Waals surface area contributed by atoms with Gasteiger partial charge in [0.2, 0.25) is 11.5 Å². The molecule has 28 heavy (non-hydrogen) atoms. The lowest BCUT2D eigenvalue weighted by atomic mass is 10.2. The maximum Gasteiger partial charge on any atom is 0.214 e. The summed E-state index contributed by atoms with van der Waals surface area (Å²) in [5.74, 6) is 0. The van der Waals surface area contributed by atoms with E-state index in [9.17, 15) is 4.79 Å². The maximum atomic E-state index is 11.7. The first kappa shape index (κ1) is 18.4. The van der Waals surface area contributed by atoms with Gasteiger partial charge >= 0.3 is 0 Å². The number of amides is 1. The molecule has 0 radical (unpaired) electrons. The van der Waals surface area contributed by atoms with Crippen LogP contribution in [0.25, 0.3) is 16.4 Å². The van der Waals surface area contributed by atoms with E-state index in [2.05, 4.69) is 5.10 Å². The highest BCUT2D eigenvalue weighted by atomic mass is 35.5. The molecule has 4 rings (SSSR count). The van der Waals surface area contributed by atoms with E-state index in [0.717, 1.165) is 39.7 Å². The van der Waals surface area contributed by atoms with Gasteiger partial charge in [-0.15, -0.1) is 11.3 Å². The molecule has 0 bridgehead atoms. The zero-order valence-electron chi connectivity index (χ0n) is 15.1. The van der Waals surface area contributed by atoms with Crippen molar-refractivity contribution < 1.29 is 4.79 Å². The predicted molar refractivity (Wildman–Crippen MR) is 113 cm³/mol. The van der Waals surface area contributed by atoms with Crippen LogP contribution in [0.2, 0.25) is 5.02 Å². The smallest absolute Gasteiger partial charge is 0.214 e. The van der Waals surface area contributed by atoms with Crippen molar-refractivity contribution in [2.75, 3.05) is 4.90 Å². The SMILES string of the molecule is Cc1c(N(C=O)Cc2ccccc2)cnn1-c1nc(-c2ccc(Cl)cc2)cs1. The first-order valence-corrected chi connectivity index (χ1v) is 9.94. The lowest BCUT2D eigenvalue weighted by Crippen LogP contribution is -2.20. The van der Waals surface area contributed by atoms with E-state index >= 15 is 0 Å². The molecule has 0 saturated carbocycles. The minimum Gasteiger partial charge on any atom is -0.307 e. The Balaban J connectivity index is 1.61. The standard InChI is InChI=1S/C21H17ClN4OS/c1-15-20(25(14-27)12-16-5-3-2-4-6-16)11-23-26(15)21-24-19(13-28-21)17-7-9-18(22)10-8-17/h2-11,13-14H,12H2,1H3. The first-order valence-electron chi connectivity index (χ1n) is 8.68. The third-order valence-corrected chi connectivity index (χ3v) is 5.50. The van der Waals surface area contributed by atoms with E-state index in [0.29, 0.717) is 11.6 Å². The van der Waals surface area contributed by atoms with Gasteiger partial charge in [-0.25, -0.2) is 9.67 Å². The third kappa shape index (κ3) is 3.69. The summed E-state index contributed by atoms with van der Waals surface area (Å²) in [5, 5.41) is 7.89. The average Bonchev–Trinajstić information content (AvgIpc) is 3.34. The molecule has 1 amide bonds. The summed E-state index contributed by atoms with van der Waals surface area (Å²) in [4.78, 5) is 18.0. The molecule has 7 heteroatoms. The van der Waals surface area contributed by atoms with Crippen molar-refractivity contribution in [3.63, 3.8) is 0 Å². The van der Waals surface area contributed by atoms with Crippen LogP contribution in [0.5, 0.6) is 0 Å². The van der Waals surface area contributed by atoms with Crippen LogP contribution in [0.4, 0.5) is 5.69 Å². The average molecular weight is 409 g/mol. The molecule has 5 nitrogen and oxygen atoms in total. The number of carbonyl (C=O) groups is 1. The van der Waals surface area contributed by atoms with Gasteiger partial charge in [0.05, 0.1) is 29.8 Å². The van der Waals surface area contributed by atoms with E-state index in [1.807, 2.05) is 66.9 Å². The van der Waals surface area contributed by atoms with Crippen LogP contribution < -0.4 is 4.90 Å². The third-order valence-electron chi connectivity index (χ3n) is 4.43. The Morgan fingerprint density at radius 2 is 1.89 bits per heavy atom. The van der Waals surface area contributed by atoms with E-state index < -0.39 is 0 Å². The number of nitrogens with zero attached hydrogens (tertiary/aromatic N) is 4.